The molecule has 0 radical (unpaired) electrons. The molecule has 2 aliphatic rings. The summed E-state index contributed by atoms with van der Waals surface area (Å²) in [5.41, 5.74) is 0.0180. The van der Waals surface area contributed by atoms with Crippen molar-refractivity contribution in [2.75, 3.05) is 11.5 Å². The van der Waals surface area contributed by atoms with Crippen LogP contribution >= 0.6 is 0 Å². The van der Waals surface area contributed by atoms with Gasteiger partial charge in [0.2, 0.25) is 0 Å². The summed E-state index contributed by atoms with van der Waals surface area (Å²) < 4.78 is 61.7. The summed E-state index contributed by atoms with van der Waals surface area (Å²) in [4.78, 5) is 0. The average molecular weight is 347 g/mol. The summed E-state index contributed by atoms with van der Waals surface area (Å²) in [5.74, 6) is 0.659. The molecule has 3 rings (SSSR count). The third kappa shape index (κ3) is 4.26. The van der Waals surface area contributed by atoms with E-state index in [1.165, 1.54) is 12.1 Å². The fourth-order valence-corrected chi connectivity index (χ4v) is 4.64. The van der Waals surface area contributed by atoms with Crippen LogP contribution < -0.4 is 5.32 Å². The summed E-state index contributed by atoms with van der Waals surface area (Å²) in [6, 6.07) is 5.41. The van der Waals surface area contributed by atoms with Gasteiger partial charge in [0.1, 0.15) is 9.84 Å². The quantitative estimate of drug-likeness (QED) is 0.909. The second kappa shape index (κ2) is 6.09. The predicted molar refractivity (Wildman–Crippen MR) is 81.7 cm³/mol. The third-order valence-corrected chi connectivity index (χ3v) is 6.35. The van der Waals surface area contributed by atoms with Gasteiger partial charge >= 0.3 is 6.18 Å². The first kappa shape index (κ1) is 16.8. The second-order valence-corrected chi connectivity index (χ2v) is 8.83. The standard InChI is InChI=1S/C16H20F3NO2S/c17-16(18,19)13-3-1-2-12(10-13)15(11-4-5-11)20-14-6-8-23(21,22)9-7-14/h1-3,10-11,14-15,20H,4-9H2. The van der Waals surface area contributed by atoms with Gasteiger partial charge < -0.3 is 5.32 Å². The van der Waals surface area contributed by atoms with Crippen LogP contribution in [0.1, 0.15) is 42.9 Å². The van der Waals surface area contributed by atoms with Crippen LogP contribution in [0.15, 0.2) is 24.3 Å². The lowest BCUT2D eigenvalue weighted by molar-refractivity contribution is -0.137. The lowest BCUT2D eigenvalue weighted by Crippen LogP contribution is -2.40. The molecular formula is C16H20F3NO2S. The molecule has 1 aliphatic heterocycles. The normalized spacial score (nSPS) is 23.6. The molecule has 0 spiro atoms. The van der Waals surface area contributed by atoms with Gasteiger partial charge in [0.05, 0.1) is 17.1 Å². The minimum Gasteiger partial charge on any atom is -0.307 e. The number of halogens is 3. The first-order chi connectivity index (χ1) is 10.7. The van der Waals surface area contributed by atoms with Crippen molar-refractivity contribution in [1.29, 1.82) is 0 Å². The molecule has 0 bridgehead atoms. The van der Waals surface area contributed by atoms with Gasteiger partial charge in [-0.1, -0.05) is 12.1 Å². The molecule has 1 saturated carbocycles. The number of benzene rings is 1. The van der Waals surface area contributed by atoms with E-state index in [1.807, 2.05) is 0 Å². The first-order valence-corrected chi connectivity index (χ1v) is 9.70. The van der Waals surface area contributed by atoms with E-state index in [9.17, 15) is 21.6 Å². The molecule has 1 atom stereocenters. The van der Waals surface area contributed by atoms with E-state index in [0.29, 0.717) is 24.3 Å². The van der Waals surface area contributed by atoms with Gasteiger partial charge in [0.25, 0.3) is 0 Å². The molecule has 1 heterocycles. The van der Waals surface area contributed by atoms with Gasteiger partial charge in [-0.3, -0.25) is 0 Å². The number of sulfone groups is 1. The Balaban J connectivity index is 1.75. The van der Waals surface area contributed by atoms with Gasteiger partial charge in [-0.15, -0.1) is 0 Å². The van der Waals surface area contributed by atoms with Crippen LogP contribution in [0.4, 0.5) is 13.2 Å². The van der Waals surface area contributed by atoms with Gasteiger partial charge in [0.15, 0.2) is 0 Å². The number of alkyl halides is 3. The van der Waals surface area contributed by atoms with E-state index in [4.69, 9.17) is 0 Å². The molecule has 23 heavy (non-hydrogen) atoms. The first-order valence-electron chi connectivity index (χ1n) is 7.88. The minimum atomic E-state index is -4.34. The van der Waals surface area contributed by atoms with Crippen molar-refractivity contribution >= 4 is 9.84 Å². The lowest BCUT2D eigenvalue weighted by Gasteiger charge is -2.29. The lowest BCUT2D eigenvalue weighted by atomic mass is 9.98. The number of hydrogen-bond donors (Lipinski definition) is 1. The van der Waals surface area contributed by atoms with E-state index in [0.717, 1.165) is 18.9 Å². The Labute approximate surface area is 134 Å². The molecule has 1 unspecified atom stereocenters. The highest BCUT2D eigenvalue weighted by atomic mass is 32.2. The molecule has 0 amide bonds. The zero-order chi connectivity index (χ0) is 16.7. The molecule has 1 N–H and O–H groups in total. The molecule has 7 heteroatoms. The summed E-state index contributed by atoms with van der Waals surface area (Å²) >= 11 is 0. The SMILES string of the molecule is O=S1(=O)CCC(NC(c2cccc(C(F)(F)F)c2)C2CC2)CC1. The number of nitrogens with one attached hydrogen (secondary N) is 1. The zero-order valence-corrected chi connectivity index (χ0v) is 13.5. The molecule has 1 aromatic rings. The van der Waals surface area contributed by atoms with E-state index >= 15 is 0 Å². The summed E-state index contributed by atoms with van der Waals surface area (Å²) in [6.45, 7) is 0. The van der Waals surface area contributed by atoms with Crippen molar-refractivity contribution in [3.8, 4) is 0 Å². The van der Waals surface area contributed by atoms with Crippen molar-refractivity contribution in [1.82, 2.24) is 5.32 Å². The van der Waals surface area contributed by atoms with Gasteiger partial charge in [0, 0.05) is 12.1 Å². The third-order valence-electron chi connectivity index (χ3n) is 4.64. The van der Waals surface area contributed by atoms with Gasteiger partial charge in [-0.25, -0.2) is 8.42 Å². The Morgan fingerprint density at radius 1 is 1.09 bits per heavy atom. The van der Waals surface area contributed by atoms with Crippen LogP contribution in [-0.4, -0.2) is 26.0 Å². The Hall–Kier alpha value is -1.08. The fraction of sp³-hybridized carbons (Fsp3) is 0.625. The molecule has 2 fully saturated rings. The summed E-state index contributed by atoms with van der Waals surface area (Å²) in [6.07, 6.45) is -1.28. The van der Waals surface area contributed by atoms with E-state index in [2.05, 4.69) is 5.32 Å². The molecule has 1 aromatic carbocycles. The summed E-state index contributed by atoms with van der Waals surface area (Å²) in [5, 5.41) is 3.42. The van der Waals surface area contributed by atoms with Crippen LogP contribution in [-0.2, 0) is 16.0 Å². The minimum absolute atomic E-state index is 0.0543. The van der Waals surface area contributed by atoms with Crippen molar-refractivity contribution in [2.24, 2.45) is 5.92 Å². The smallest absolute Gasteiger partial charge is 0.307 e. The van der Waals surface area contributed by atoms with Gasteiger partial charge in [-0.2, -0.15) is 13.2 Å². The maximum atomic E-state index is 12.9. The Bertz CT molecular complexity index is 654. The maximum absolute atomic E-state index is 12.9. The van der Waals surface area contributed by atoms with Crippen LogP contribution in [0, 0.1) is 5.92 Å². The topological polar surface area (TPSA) is 46.2 Å². The zero-order valence-electron chi connectivity index (χ0n) is 12.6. The van der Waals surface area contributed by atoms with E-state index < -0.39 is 21.6 Å². The molecule has 1 saturated heterocycles. The van der Waals surface area contributed by atoms with Crippen LogP contribution in [0.25, 0.3) is 0 Å². The fourth-order valence-electron chi connectivity index (χ4n) is 3.15. The van der Waals surface area contributed by atoms with Crippen molar-refractivity contribution in [3.63, 3.8) is 0 Å². The van der Waals surface area contributed by atoms with E-state index in [1.54, 1.807) is 6.07 Å². The van der Waals surface area contributed by atoms with Crippen molar-refractivity contribution < 1.29 is 21.6 Å². The molecular weight excluding hydrogens is 327 g/mol. The average Bonchev–Trinajstić information content (AvgIpc) is 3.30. The Morgan fingerprint density at radius 3 is 2.30 bits per heavy atom. The highest BCUT2D eigenvalue weighted by molar-refractivity contribution is 7.91. The molecule has 1 aliphatic carbocycles. The van der Waals surface area contributed by atoms with Crippen LogP contribution in [0.3, 0.4) is 0 Å². The largest absolute Gasteiger partial charge is 0.416 e. The monoisotopic (exact) mass is 347 g/mol. The Kier molecular flexibility index (Phi) is 4.44. The maximum Gasteiger partial charge on any atom is 0.416 e. The number of hydrogen-bond acceptors (Lipinski definition) is 3. The van der Waals surface area contributed by atoms with E-state index in [-0.39, 0.29) is 23.6 Å². The van der Waals surface area contributed by atoms with Crippen molar-refractivity contribution in [2.45, 2.75) is 43.9 Å². The molecule has 3 nitrogen and oxygen atoms in total. The van der Waals surface area contributed by atoms with Crippen LogP contribution in [0.2, 0.25) is 0 Å². The summed E-state index contributed by atoms with van der Waals surface area (Å²) in [7, 11) is -2.94. The van der Waals surface area contributed by atoms with Crippen molar-refractivity contribution in [3.05, 3.63) is 35.4 Å². The molecule has 128 valence electrons. The Morgan fingerprint density at radius 2 is 1.74 bits per heavy atom. The predicted octanol–water partition coefficient (Wildman–Crippen LogP) is 3.32. The molecule has 0 aromatic heterocycles. The van der Waals surface area contributed by atoms with Crippen LogP contribution in [0.5, 0.6) is 0 Å². The second-order valence-electron chi connectivity index (χ2n) is 6.53. The number of rotatable bonds is 4. The highest BCUT2D eigenvalue weighted by Crippen LogP contribution is 2.42. The highest BCUT2D eigenvalue weighted by Gasteiger charge is 2.37. The van der Waals surface area contributed by atoms with Gasteiger partial charge in [-0.05, 0) is 49.3 Å².